The lowest BCUT2D eigenvalue weighted by Crippen LogP contribution is -2.43. The van der Waals surface area contributed by atoms with Gasteiger partial charge in [-0.3, -0.25) is 0 Å². The summed E-state index contributed by atoms with van der Waals surface area (Å²) < 4.78 is 11.0. The molecule has 0 amide bonds. The van der Waals surface area contributed by atoms with Gasteiger partial charge in [0.2, 0.25) is 5.89 Å². The molecule has 2 aliphatic heterocycles. The van der Waals surface area contributed by atoms with Crippen LogP contribution in [0.3, 0.4) is 0 Å². The zero-order valence-corrected chi connectivity index (χ0v) is 10.5. The number of hydrogen-bond donors (Lipinski definition) is 1. The quantitative estimate of drug-likeness (QED) is 0.899. The van der Waals surface area contributed by atoms with Crippen LogP contribution < -0.4 is 10.1 Å². The van der Waals surface area contributed by atoms with Gasteiger partial charge in [0.25, 0.3) is 0 Å². The molecule has 1 aromatic carbocycles. The first-order chi connectivity index (χ1) is 9.40. The van der Waals surface area contributed by atoms with E-state index in [1.807, 2.05) is 18.2 Å². The van der Waals surface area contributed by atoms with Crippen molar-refractivity contribution in [1.82, 2.24) is 15.5 Å². The van der Waals surface area contributed by atoms with Gasteiger partial charge in [-0.1, -0.05) is 23.4 Å². The molecule has 1 N–H and O–H groups in total. The second-order valence-electron chi connectivity index (χ2n) is 5.18. The first kappa shape index (κ1) is 11.0. The number of hydrogen-bond acceptors (Lipinski definition) is 5. The molecule has 4 rings (SSSR count). The van der Waals surface area contributed by atoms with E-state index in [1.54, 1.807) is 0 Å². The number of benzene rings is 1. The molecule has 1 aromatic heterocycles. The average molecular weight is 257 g/mol. The Morgan fingerprint density at radius 2 is 2.16 bits per heavy atom. The smallest absolute Gasteiger partial charge is 0.227 e. The third-order valence-corrected chi connectivity index (χ3v) is 3.82. The predicted molar refractivity (Wildman–Crippen MR) is 68.1 cm³/mol. The Labute approximate surface area is 111 Å². The number of fused-ring (bicyclic) bond motifs is 1. The van der Waals surface area contributed by atoms with Crippen molar-refractivity contribution < 1.29 is 9.26 Å². The highest BCUT2D eigenvalue weighted by atomic mass is 16.5. The fourth-order valence-corrected chi connectivity index (χ4v) is 2.61. The van der Waals surface area contributed by atoms with Crippen molar-refractivity contribution in [2.75, 3.05) is 19.7 Å². The van der Waals surface area contributed by atoms with Crippen molar-refractivity contribution in [1.29, 1.82) is 0 Å². The maximum atomic E-state index is 5.66. The van der Waals surface area contributed by atoms with Crippen LogP contribution in [0.2, 0.25) is 0 Å². The molecular weight excluding hydrogens is 242 g/mol. The lowest BCUT2D eigenvalue weighted by atomic mass is 9.99. The molecular formula is C14H15N3O2. The predicted octanol–water partition coefficient (Wildman–Crippen LogP) is 1.36. The first-order valence-corrected chi connectivity index (χ1v) is 6.65. The zero-order chi connectivity index (χ0) is 12.7. The van der Waals surface area contributed by atoms with Gasteiger partial charge in [-0.05, 0) is 25.1 Å². The standard InChI is InChI=1S/C14H15N3O2/c1-2-4-12-10(3-1)11(8-18-12)14-16-13(19-17-14)5-9-6-15-7-9/h1-4,9,11,15H,5-8H2. The summed E-state index contributed by atoms with van der Waals surface area (Å²) in [4.78, 5) is 4.53. The number of rotatable bonds is 3. The number of ether oxygens (including phenoxy) is 1. The van der Waals surface area contributed by atoms with E-state index in [0.29, 0.717) is 12.5 Å². The summed E-state index contributed by atoms with van der Waals surface area (Å²) >= 11 is 0. The minimum absolute atomic E-state index is 0.105. The molecule has 5 heteroatoms. The molecule has 1 atom stereocenters. The van der Waals surface area contributed by atoms with Crippen LogP contribution in [0.4, 0.5) is 0 Å². The molecule has 0 aliphatic carbocycles. The topological polar surface area (TPSA) is 60.2 Å². The third-order valence-electron chi connectivity index (χ3n) is 3.82. The minimum atomic E-state index is 0.105. The largest absolute Gasteiger partial charge is 0.492 e. The highest BCUT2D eigenvalue weighted by molar-refractivity contribution is 5.42. The van der Waals surface area contributed by atoms with Crippen LogP contribution in [0.1, 0.15) is 23.2 Å². The Hall–Kier alpha value is -1.88. The number of para-hydroxylation sites is 1. The van der Waals surface area contributed by atoms with Crippen LogP contribution in [-0.2, 0) is 6.42 Å². The molecule has 0 bridgehead atoms. The van der Waals surface area contributed by atoms with E-state index >= 15 is 0 Å². The normalized spacial score (nSPS) is 21.8. The Morgan fingerprint density at radius 3 is 3.00 bits per heavy atom. The van der Waals surface area contributed by atoms with E-state index in [-0.39, 0.29) is 5.92 Å². The fourth-order valence-electron chi connectivity index (χ4n) is 2.61. The third kappa shape index (κ3) is 1.90. The molecule has 2 aliphatic rings. The summed E-state index contributed by atoms with van der Waals surface area (Å²) in [6.45, 7) is 2.70. The van der Waals surface area contributed by atoms with E-state index in [9.17, 15) is 0 Å². The Morgan fingerprint density at radius 1 is 1.26 bits per heavy atom. The zero-order valence-electron chi connectivity index (χ0n) is 10.5. The monoisotopic (exact) mass is 257 g/mol. The van der Waals surface area contributed by atoms with Crippen LogP contribution >= 0.6 is 0 Å². The number of aromatic nitrogens is 2. The van der Waals surface area contributed by atoms with Crippen LogP contribution in [0.15, 0.2) is 28.8 Å². The second kappa shape index (κ2) is 4.35. The van der Waals surface area contributed by atoms with Crippen LogP contribution in [0.25, 0.3) is 0 Å². The summed E-state index contributed by atoms with van der Waals surface area (Å²) in [5, 5.41) is 7.37. The summed E-state index contributed by atoms with van der Waals surface area (Å²) in [6, 6.07) is 8.04. The van der Waals surface area contributed by atoms with Crippen LogP contribution in [0, 0.1) is 5.92 Å². The Kier molecular flexibility index (Phi) is 2.51. The van der Waals surface area contributed by atoms with Gasteiger partial charge in [0.1, 0.15) is 12.4 Å². The van der Waals surface area contributed by atoms with E-state index in [4.69, 9.17) is 9.26 Å². The molecule has 0 spiro atoms. The SMILES string of the molecule is c1ccc2c(c1)OCC2c1noc(CC2CNC2)n1. The van der Waals surface area contributed by atoms with E-state index < -0.39 is 0 Å². The van der Waals surface area contributed by atoms with Gasteiger partial charge >= 0.3 is 0 Å². The van der Waals surface area contributed by atoms with Crippen molar-refractivity contribution in [2.45, 2.75) is 12.3 Å². The molecule has 0 saturated carbocycles. The van der Waals surface area contributed by atoms with Crippen LogP contribution in [-0.4, -0.2) is 29.8 Å². The van der Waals surface area contributed by atoms with Gasteiger partial charge in [-0.2, -0.15) is 4.98 Å². The average Bonchev–Trinajstić information content (AvgIpc) is 3.00. The van der Waals surface area contributed by atoms with Gasteiger partial charge in [0.05, 0.1) is 5.92 Å². The maximum absolute atomic E-state index is 5.66. The summed E-state index contributed by atoms with van der Waals surface area (Å²) in [6.07, 6.45) is 0.870. The van der Waals surface area contributed by atoms with Crippen molar-refractivity contribution in [3.63, 3.8) is 0 Å². The minimum Gasteiger partial charge on any atom is -0.492 e. The molecule has 3 heterocycles. The Balaban J connectivity index is 1.56. The summed E-state index contributed by atoms with van der Waals surface area (Å²) in [5.41, 5.74) is 1.15. The first-order valence-electron chi connectivity index (χ1n) is 6.65. The second-order valence-corrected chi connectivity index (χ2v) is 5.18. The number of nitrogens with zero attached hydrogens (tertiary/aromatic N) is 2. The molecule has 1 unspecified atom stereocenters. The summed E-state index contributed by atoms with van der Waals surface area (Å²) in [7, 11) is 0. The van der Waals surface area contributed by atoms with Crippen molar-refractivity contribution >= 4 is 0 Å². The molecule has 98 valence electrons. The lowest BCUT2D eigenvalue weighted by molar-refractivity contribution is 0.293. The lowest BCUT2D eigenvalue weighted by Gasteiger charge is -2.25. The van der Waals surface area contributed by atoms with Crippen molar-refractivity contribution in [3.8, 4) is 5.75 Å². The highest BCUT2D eigenvalue weighted by Crippen LogP contribution is 2.36. The highest BCUT2D eigenvalue weighted by Gasteiger charge is 2.30. The fraction of sp³-hybridized carbons (Fsp3) is 0.429. The molecule has 0 radical (unpaired) electrons. The molecule has 1 saturated heterocycles. The van der Waals surface area contributed by atoms with Crippen molar-refractivity contribution in [3.05, 3.63) is 41.5 Å². The van der Waals surface area contributed by atoms with Gasteiger partial charge in [-0.15, -0.1) is 0 Å². The van der Waals surface area contributed by atoms with Gasteiger partial charge in [0.15, 0.2) is 5.82 Å². The maximum Gasteiger partial charge on any atom is 0.227 e. The van der Waals surface area contributed by atoms with E-state index in [2.05, 4.69) is 21.5 Å². The Bertz CT molecular complexity index is 592. The molecule has 2 aromatic rings. The molecule has 5 nitrogen and oxygen atoms in total. The van der Waals surface area contributed by atoms with E-state index in [0.717, 1.165) is 42.5 Å². The van der Waals surface area contributed by atoms with Gasteiger partial charge < -0.3 is 14.6 Å². The van der Waals surface area contributed by atoms with Crippen molar-refractivity contribution in [2.24, 2.45) is 5.92 Å². The molecule has 19 heavy (non-hydrogen) atoms. The summed E-state index contributed by atoms with van der Waals surface area (Å²) in [5.74, 6) is 3.16. The molecule has 1 fully saturated rings. The van der Waals surface area contributed by atoms with E-state index in [1.165, 1.54) is 0 Å². The van der Waals surface area contributed by atoms with Crippen LogP contribution in [0.5, 0.6) is 5.75 Å². The van der Waals surface area contributed by atoms with Gasteiger partial charge in [-0.25, -0.2) is 0 Å². The number of nitrogens with one attached hydrogen (secondary N) is 1. The van der Waals surface area contributed by atoms with Gasteiger partial charge in [0, 0.05) is 12.0 Å².